The lowest BCUT2D eigenvalue weighted by molar-refractivity contribution is 0.237. The molecule has 1 N–H and O–H groups in total. The summed E-state index contributed by atoms with van der Waals surface area (Å²) in [7, 11) is -7.06. The third-order valence-electron chi connectivity index (χ3n) is 5.50. The topological polar surface area (TPSA) is 83.6 Å². The predicted molar refractivity (Wildman–Crippen MR) is 114 cm³/mol. The molecule has 0 spiro atoms. The molecule has 3 atom stereocenters. The van der Waals surface area contributed by atoms with E-state index in [0.717, 1.165) is 37.3 Å². The van der Waals surface area contributed by atoms with Gasteiger partial charge in [0.15, 0.2) is 19.7 Å². The van der Waals surface area contributed by atoms with Gasteiger partial charge in [0.25, 0.3) is 0 Å². The molecule has 0 amide bonds. The van der Waals surface area contributed by atoms with Crippen LogP contribution in [-0.4, -0.2) is 64.2 Å². The van der Waals surface area contributed by atoms with Crippen LogP contribution in [0, 0.1) is 0 Å². The van der Waals surface area contributed by atoms with Crippen LogP contribution in [0.25, 0.3) is 0 Å². The lowest BCUT2D eigenvalue weighted by Gasteiger charge is -2.29. The summed E-state index contributed by atoms with van der Waals surface area (Å²) in [5.41, 5.74) is 0. The van der Waals surface area contributed by atoms with E-state index in [9.17, 15) is 16.8 Å². The summed E-state index contributed by atoms with van der Waals surface area (Å²) in [5.74, 6) is -0.433. The Morgan fingerprint density at radius 2 is 1.82 bits per heavy atom. The first-order chi connectivity index (χ1) is 13.4. The Bertz CT molecular complexity index is 979. The molecule has 2 aliphatic rings. The van der Waals surface area contributed by atoms with Gasteiger partial charge in [0.1, 0.15) is 4.21 Å². The first-order valence-corrected chi connectivity index (χ1v) is 14.5. The minimum absolute atomic E-state index is 0.126. The Kier molecular flexibility index (Phi) is 5.97. The Labute approximate surface area is 174 Å². The van der Waals surface area contributed by atoms with Gasteiger partial charge in [-0.05, 0) is 48.8 Å². The van der Waals surface area contributed by atoms with Crippen LogP contribution >= 0.6 is 22.7 Å². The lowest BCUT2D eigenvalue weighted by Crippen LogP contribution is -2.46. The number of likely N-dealkylation sites (tertiary alicyclic amines) is 1. The van der Waals surface area contributed by atoms with Crippen molar-refractivity contribution in [3.63, 3.8) is 0 Å². The molecule has 2 fully saturated rings. The van der Waals surface area contributed by atoms with Crippen molar-refractivity contribution in [2.24, 2.45) is 0 Å². The van der Waals surface area contributed by atoms with Gasteiger partial charge in [0, 0.05) is 17.5 Å². The molecule has 4 heterocycles. The zero-order chi connectivity index (χ0) is 19.8. The van der Waals surface area contributed by atoms with Gasteiger partial charge < -0.3 is 5.32 Å². The van der Waals surface area contributed by atoms with Gasteiger partial charge >= 0.3 is 0 Å². The van der Waals surface area contributed by atoms with Gasteiger partial charge in [-0.15, -0.1) is 22.7 Å². The number of sulfone groups is 2. The summed E-state index contributed by atoms with van der Waals surface area (Å²) >= 11 is 2.83. The molecule has 0 radical (unpaired) electrons. The molecular weight excluding hydrogens is 436 g/mol. The molecule has 0 aliphatic carbocycles. The fraction of sp³-hybridized carbons (Fsp3) is 0.556. The molecule has 0 bridgehead atoms. The second-order valence-electron chi connectivity index (χ2n) is 7.38. The number of hydrogen-bond acceptors (Lipinski definition) is 8. The van der Waals surface area contributed by atoms with Crippen molar-refractivity contribution in [3.05, 3.63) is 39.9 Å². The van der Waals surface area contributed by atoms with E-state index in [0.29, 0.717) is 6.54 Å². The highest BCUT2D eigenvalue weighted by atomic mass is 32.2. The average molecular weight is 461 g/mol. The Morgan fingerprint density at radius 3 is 2.46 bits per heavy atom. The molecule has 2 aliphatic heterocycles. The molecule has 10 heteroatoms. The zero-order valence-electron chi connectivity index (χ0n) is 15.4. The van der Waals surface area contributed by atoms with Gasteiger partial charge in [-0.3, -0.25) is 4.90 Å². The molecule has 2 aromatic rings. The predicted octanol–water partition coefficient (Wildman–Crippen LogP) is 2.18. The van der Waals surface area contributed by atoms with Crippen molar-refractivity contribution in [1.29, 1.82) is 0 Å². The summed E-state index contributed by atoms with van der Waals surface area (Å²) in [6.45, 7) is 2.59. The zero-order valence-corrected chi connectivity index (χ0v) is 18.6. The van der Waals surface area contributed by atoms with E-state index in [1.807, 2.05) is 11.4 Å². The van der Waals surface area contributed by atoms with Crippen LogP contribution in [-0.2, 0) is 19.7 Å². The summed E-state index contributed by atoms with van der Waals surface area (Å²) < 4.78 is 50.9. The first-order valence-electron chi connectivity index (χ1n) is 9.35. The monoisotopic (exact) mass is 460 g/mol. The van der Waals surface area contributed by atoms with Crippen LogP contribution in [0.4, 0.5) is 0 Å². The van der Waals surface area contributed by atoms with E-state index in [-0.39, 0.29) is 21.8 Å². The molecule has 1 unspecified atom stereocenters. The highest BCUT2D eigenvalue weighted by Crippen LogP contribution is 2.31. The standard InChI is InChI=1S/C18H24N2O4S4/c21-27(22)12-14(17(13-27)28(23,24)18-6-4-10-26-18)19-11-15(16-5-3-9-25-16)20-7-1-2-8-20/h3-6,9-10,14-15,17,19H,1-2,7-8,11-13H2/t14-,15?,17-/m0/s1. The second-order valence-corrected chi connectivity index (χ2v) is 13.9. The fourth-order valence-electron chi connectivity index (χ4n) is 4.09. The van der Waals surface area contributed by atoms with Gasteiger partial charge in [0.05, 0.1) is 22.8 Å². The number of nitrogens with one attached hydrogen (secondary N) is 1. The van der Waals surface area contributed by atoms with E-state index in [1.165, 1.54) is 4.88 Å². The quantitative estimate of drug-likeness (QED) is 0.682. The third-order valence-corrected chi connectivity index (χ3v) is 12.1. The maximum Gasteiger partial charge on any atom is 0.193 e. The van der Waals surface area contributed by atoms with Crippen LogP contribution in [0.5, 0.6) is 0 Å². The van der Waals surface area contributed by atoms with Gasteiger partial charge in [-0.2, -0.15) is 0 Å². The van der Waals surface area contributed by atoms with Crippen LogP contribution in [0.3, 0.4) is 0 Å². The van der Waals surface area contributed by atoms with Crippen LogP contribution in [0.15, 0.2) is 39.2 Å². The number of rotatable bonds is 7. The summed E-state index contributed by atoms with van der Waals surface area (Å²) in [4.78, 5) is 3.64. The molecule has 2 saturated heterocycles. The SMILES string of the molecule is O=S1(=O)C[C@H](NCC(c2cccs2)N2CCCC2)[C@@H](S(=O)(=O)c2cccs2)C1. The molecule has 0 saturated carbocycles. The molecule has 0 aromatic carbocycles. The van der Waals surface area contributed by atoms with E-state index in [1.54, 1.807) is 28.8 Å². The van der Waals surface area contributed by atoms with Crippen LogP contribution in [0.2, 0.25) is 0 Å². The van der Waals surface area contributed by atoms with Gasteiger partial charge in [-0.25, -0.2) is 16.8 Å². The molecule has 28 heavy (non-hydrogen) atoms. The number of thiophene rings is 2. The van der Waals surface area contributed by atoms with Crippen LogP contribution in [0.1, 0.15) is 23.8 Å². The second kappa shape index (κ2) is 8.16. The van der Waals surface area contributed by atoms with Crippen LogP contribution < -0.4 is 5.32 Å². The maximum absolute atomic E-state index is 13.0. The van der Waals surface area contributed by atoms with E-state index >= 15 is 0 Å². The summed E-state index contributed by atoms with van der Waals surface area (Å²) in [6.07, 6.45) is 2.32. The van der Waals surface area contributed by atoms with Crippen molar-refractivity contribution in [2.45, 2.75) is 34.4 Å². The molecule has 4 rings (SSSR count). The Hall–Kier alpha value is -0.780. The minimum Gasteiger partial charge on any atom is -0.310 e. The summed E-state index contributed by atoms with van der Waals surface area (Å²) in [6, 6.07) is 6.93. The van der Waals surface area contributed by atoms with Gasteiger partial charge in [0.2, 0.25) is 0 Å². The van der Waals surface area contributed by atoms with E-state index in [2.05, 4.69) is 16.3 Å². The Balaban J connectivity index is 1.54. The van der Waals surface area contributed by atoms with Crippen molar-refractivity contribution >= 4 is 42.3 Å². The van der Waals surface area contributed by atoms with Gasteiger partial charge in [-0.1, -0.05) is 12.1 Å². The largest absolute Gasteiger partial charge is 0.310 e. The van der Waals surface area contributed by atoms with E-state index < -0.39 is 31.0 Å². The average Bonchev–Trinajstić information content (AvgIpc) is 3.43. The highest BCUT2D eigenvalue weighted by Gasteiger charge is 2.46. The molecule has 6 nitrogen and oxygen atoms in total. The fourth-order valence-corrected chi connectivity index (χ4v) is 10.9. The normalized spacial score (nSPS) is 26.6. The molecular formula is C18H24N2O4S4. The lowest BCUT2D eigenvalue weighted by atomic mass is 10.2. The first kappa shape index (κ1) is 20.5. The smallest absolute Gasteiger partial charge is 0.193 e. The number of nitrogens with zero attached hydrogens (tertiary/aromatic N) is 1. The van der Waals surface area contributed by atoms with Crippen molar-refractivity contribution in [2.75, 3.05) is 31.1 Å². The number of hydrogen-bond donors (Lipinski definition) is 1. The van der Waals surface area contributed by atoms with E-state index in [4.69, 9.17) is 0 Å². The highest BCUT2D eigenvalue weighted by molar-refractivity contribution is 7.97. The molecule has 2 aromatic heterocycles. The van der Waals surface area contributed by atoms with Crippen molar-refractivity contribution in [3.8, 4) is 0 Å². The molecule has 154 valence electrons. The minimum atomic E-state index is -3.67. The summed E-state index contributed by atoms with van der Waals surface area (Å²) in [5, 5.41) is 6.15. The van der Waals surface area contributed by atoms with Crippen molar-refractivity contribution in [1.82, 2.24) is 10.2 Å². The van der Waals surface area contributed by atoms with Crippen molar-refractivity contribution < 1.29 is 16.8 Å². The third kappa shape index (κ3) is 4.22. The Morgan fingerprint density at radius 1 is 1.11 bits per heavy atom. The maximum atomic E-state index is 13.0.